The number of halogens is 1. The van der Waals surface area contributed by atoms with Gasteiger partial charge in [-0.15, -0.1) is 11.3 Å². The second kappa shape index (κ2) is 6.22. The Balaban J connectivity index is 2.23. The van der Waals surface area contributed by atoms with E-state index in [1.165, 1.54) is 19.2 Å². The van der Waals surface area contributed by atoms with Crippen molar-refractivity contribution in [1.29, 1.82) is 0 Å². The van der Waals surface area contributed by atoms with E-state index in [0.717, 1.165) is 15.6 Å². The van der Waals surface area contributed by atoms with E-state index in [9.17, 15) is 9.18 Å². The molecular weight excluding hydrogens is 291 g/mol. The van der Waals surface area contributed by atoms with Crippen molar-refractivity contribution in [2.24, 2.45) is 0 Å². The van der Waals surface area contributed by atoms with Crippen molar-refractivity contribution in [3.8, 4) is 0 Å². The van der Waals surface area contributed by atoms with Crippen molar-refractivity contribution in [1.82, 2.24) is 4.98 Å². The fourth-order valence-electron chi connectivity index (χ4n) is 2.15. The van der Waals surface area contributed by atoms with Gasteiger partial charge >= 0.3 is 5.97 Å². The molecule has 0 bridgehead atoms. The number of aromatic nitrogens is 1. The van der Waals surface area contributed by atoms with Crippen molar-refractivity contribution in [3.63, 3.8) is 0 Å². The average molecular weight is 308 g/mol. The number of nitrogens with one attached hydrogen (secondary N) is 1. The summed E-state index contributed by atoms with van der Waals surface area (Å²) < 4.78 is 18.2. The Morgan fingerprint density at radius 3 is 2.71 bits per heavy atom. The minimum Gasteiger partial charge on any atom is -0.465 e. The fraction of sp³-hybridized carbons (Fsp3) is 0.333. The molecule has 21 heavy (non-hydrogen) atoms. The molecule has 0 saturated heterocycles. The van der Waals surface area contributed by atoms with Crippen molar-refractivity contribution in [3.05, 3.63) is 45.2 Å². The third-order valence-corrected chi connectivity index (χ3v) is 4.34. The van der Waals surface area contributed by atoms with E-state index in [1.54, 1.807) is 17.4 Å². The van der Waals surface area contributed by atoms with Crippen LogP contribution < -0.4 is 5.32 Å². The Morgan fingerprint density at radius 2 is 2.14 bits per heavy atom. The molecule has 1 heterocycles. The molecule has 1 aromatic heterocycles. The summed E-state index contributed by atoms with van der Waals surface area (Å²) >= 11 is 1.62. The molecule has 2 aromatic rings. The lowest BCUT2D eigenvalue weighted by Gasteiger charge is -2.15. The highest BCUT2D eigenvalue weighted by Crippen LogP contribution is 2.28. The Labute approximate surface area is 127 Å². The van der Waals surface area contributed by atoms with Crippen LogP contribution in [0.3, 0.4) is 0 Å². The maximum absolute atomic E-state index is 13.6. The monoisotopic (exact) mass is 308 g/mol. The van der Waals surface area contributed by atoms with Crippen molar-refractivity contribution in [2.45, 2.75) is 26.8 Å². The zero-order valence-electron chi connectivity index (χ0n) is 12.4. The van der Waals surface area contributed by atoms with Gasteiger partial charge in [-0.1, -0.05) is 0 Å². The van der Waals surface area contributed by atoms with E-state index in [2.05, 4.69) is 15.0 Å². The molecule has 0 amide bonds. The summed E-state index contributed by atoms with van der Waals surface area (Å²) in [6, 6.07) is 4.33. The maximum atomic E-state index is 13.6. The zero-order valence-corrected chi connectivity index (χ0v) is 13.2. The third kappa shape index (κ3) is 3.39. The highest BCUT2D eigenvalue weighted by molar-refractivity contribution is 7.11. The normalized spacial score (nSPS) is 12.0. The molecule has 0 aliphatic carbocycles. The Morgan fingerprint density at radius 1 is 1.43 bits per heavy atom. The van der Waals surface area contributed by atoms with Gasteiger partial charge < -0.3 is 10.1 Å². The number of benzene rings is 1. The molecule has 0 fully saturated rings. The van der Waals surface area contributed by atoms with Crippen LogP contribution in [0.1, 0.15) is 38.9 Å². The second-order valence-corrected chi connectivity index (χ2v) is 5.97. The predicted octanol–water partition coefficient (Wildman–Crippen LogP) is 3.86. The molecule has 112 valence electrons. The molecule has 1 N–H and O–H groups in total. The second-order valence-electron chi connectivity index (χ2n) is 4.73. The molecule has 0 radical (unpaired) electrons. The Bertz CT molecular complexity index is 670. The predicted molar refractivity (Wildman–Crippen MR) is 81.4 cm³/mol. The first kappa shape index (κ1) is 15.4. The van der Waals surface area contributed by atoms with Gasteiger partial charge in [-0.05, 0) is 39.0 Å². The van der Waals surface area contributed by atoms with E-state index in [1.807, 2.05) is 20.8 Å². The molecule has 2 rings (SSSR count). The zero-order chi connectivity index (χ0) is 15.6. The van der Waals surface area contributed by atoms with E-state index < -0.39 is 11.8 Å². The van der Waals surface area contributed by atoms with Crippen molar-refractivity contribution < 1.29 is 13.9 Å². The first-order chi connectivity index (χ1) is 9.92. The van der Waals surface area contributed by atoms with Gasteiger partial charge in [0, 0.05) is 10.6 Å². The van der Waals surface area contributed by atoms with Gasteiger partial charge in [0.05, 0.1) is 29.4 Å². The number of nitrogens with zero attached hydrogens (tertiary/aromatic N) is 1. The molecule has 1 aromatic carbocycles. The summed E-state index contributed by atoms with van der Waals surface area (Å²) in [6.45, 7) is 5.92. The number of rotatable bonds is 4. The number of hydrogen-bond acceptors (Lipinski definition) is 5. The van der Waals surface area contributed by atoms with Crippen LogP contribution in [0.25, 0.3) is 0 Å². The van der Waals surface area contributed by atoms with Crippen molar-refractivity contribution in [2.75, 3.05) is 12.4 Å². The van der Waals surface area contributed by atoms with E-state index >= 15 is 0 Å². The lowest BCUT2D eigenvalue weighted by atomic mass is 10.1. The number of aryl methyl sites for hydroxylation is 2. The quantitative estimate of drug-likeness (QED) is 0.871. The largest absolute Gasteiger partial charge is 0.465 e. The summed E-state index contributed by atoms with van der Waals surface area (Å²) in [4.78, 5) is 17.0. The molecule has 6 heteroatoms. The highest BCUT2D eigenvalue weighted by Gasteiger charge is 2.16. The molecule has 0 saturated carbocycles. The van der Waals surface area contributed by atoms with Gasteiger partial charge in [0.1, 0.15) is 5.82 Å². The number of esters is 1. The van der Waals surface area contributed by atoms with Crippen LogP contribution in [-0.4, -0.2) is 18.1 Å². The SMILES string of the molecule is COC(=O)c1cc(NC(C)c2sc(C)nc2C)ccc1F. The molecular formula is C15H17FN2O2S. The summed E-state index contributed by atoms with van der Waals surface area (Å²) in [5, 5.41) is 4.26. The molecule has 1 unspecified atom stereocenters. The summed E-state index contributed by atoms with van der Waals surface area (Å²) in [6.07, 6.45) is 0. The van der Waals surface area contributed by atoms with Gasteiger partial charge in [-0.3, -0.25) is 0 Å². The minimum absolute atomic E-state index is 0.0205. The smallest absolute Gasteiger partial charge is 0.340 e. The summed E-state index contributed by atoms with van der Waals surface area (Å²) in [5.41, 5.74) is 1.56. The average Bonchev–Trinajstić information content (AvgIpc) is 2.79. The van der Waals surface area contributed by atoms with Crippen LogP contribution in [0.4, 0.5) is 10.1 Å². The number of anilines is 1. The van der Waals surface area contributed by atoms with Crippen LogP contribution >= 0.6 is 11.3 Å². The lowest BCUT2D eigenvalue weighted by molar-refractivity contribution is 0.0595. The summed E-state index contributed by atoms with van der Waals surface area (Å²) in [7, 11) is 1.23. The minimum atomic E-state index is -0.686. The number of hydrogen-bond donors (Lipinski definition) is 1. The van der Waals surface area contributed by atoms with Gasteiger partial charge in [0.25, 0.3) is 0 Å². The van der Waals surface area contributed by atoms with Crippen LogP contribution in [0, 0.1) is 19.7 Å². The van der Waals surface area contributed by atoms with Gasteiger partial charge in [-0.25, -0.2) is 14.2 Å². The topological polar surface area (TPSA) is 51.2 Å². The third-order valence-electron chi connectivity index (χ3n) is 3.09. The van der Waals surface area contributed by atoms with E-state index in [-0.39, 0.29) is 11.6 Å². The number of carbonyl (C=O) groups excluding carboxylic acids is 1. The van der Waals surface area contributed by atoms with Crippen LogP contribution in [0.2, 0.25) is 0 Å². The first-order valence-corrected chi connectivity index (χ1v) is 7.32. The van der Waals surface area contributed by atoms with Gasteiger partial charge in [-0.2, -0.15) is 0 Å². The maximum Gasteiger partial charge on any atom is 0.340 e. The standard InChI is InChI=1S/C15H17FN2O2S/c1-8-14(21-10(3)17-8)9(2)18-11-5-6-13(16)12(7-11)15(19)20-4/h5-7,9,18H,1-4H3. The molecule has 4 nitrogen and oxygen atoms in total. The first-order valence-electron chi connectivity index (χ1n) is 6.50. The number of ether oxygens (including phenoxy) is 1. The number of thiazole rings is 1. The Kier molecular flexibility index (Phi) is 4.57. The number of methoxy groups -OCH3 is 1. The van der Waals surface area contributed by atoms with Crippen LogP contribution in [0.5, 0.6) is 0 Å². The molecule has 1 atom stereocenters. The number of carbonyl (C=O) groups is 1. The highest BCUT2D eigenvalue weighted by atomic mass is 32.1. The molecule has 0 spiro atoms. The van der Waals surface area contributed by atoms with Gasteiger partial charge in [0.2, 0.25) is 0 Å². The Hall–Kier alpha value is -1.95. The molecule has 0 aliphatic rings. The van der Waals surface area contributed by atoms with Crippen LogP contribution in [0.15, 0.2) is 18.2 Å². The molecule has 0 aliphatic heterocycles. The van der Waals surface area contributed by atoms with E-state index in [4.69, 9.17) is 0 Å². The van der Waals surface area contributed by atoms with Gasteiger partial charge in [0.15, 0.2) is 0 Å². The summed E-state index contributed by atoms with van der Waals surface area (Å²) in [5.74, 6) is -1.28. The lowest BCUT2D eigenvalue weighted by Crippen LogP contribution is -2.09. The van der Waals surface area contributed by atoms with Crippen molar-refractivity contribution >= 4 is 23.0 Å². The fourth-order valence-corrected chi connectivity index (χ4v) is 3.08. The van der Waals surface area contributed by atoms with Crippen LogP contribution in [-0.2, 0) is 4.74 Å². The van der Waals surface area contributed by atoms with E-state index in [0.29, 0.717) is 5.69 Å².